The average molecular weight is 287 g/mol. The molecular weight excluding hydrogens is 265 g/mol. The van der Waals surface area contributed by atoms with Crippen molar-refractivity contribution < 1.29 is 9.13 Å². The molecular formula is C18H22FNO. The van der Waals surface area contributed by atoms with Crippen LogP contribution in [0.2, 0.25) is 0 Å². The van der Waals surface area contributed by atoms with E-state index >= 15 is 0 Å². The van der Waals surface area contributed by atoms with Gasteiger partial charge < -0.3 is 10.1 Å². The normalized spacial score (nSPS) is 12.0. The number of benzene rings is 2. The molecule has 0 amide bonds. The zero-order valence-electron chi connectivity index (χ0n) is 12.6. The minimum Gasteiger partial charge on any atom is -0.491 e. The fraction of sp³-hybridized carbons (Fsp3) is 0.333. The minimum atomic E-state index is -0.322. The van der Waals surface area contributed by atoms with Gasteiger partial charge in [-0.1, -0.05) is 30.3 Å². The first-order valence-corrected chi connectivity index (χ1v) is 7.42. The van der Waals surface area contributed by atoms with Crippen LogP contribution in [0.25, 0.3) is 0 Å². The van der Waals surface area contributed by atoms with Gasteiger partial charge in [0.05, 0.1) is 6.61 Å². The quantitative estimate of drug-likeness (QED) is 0.800. The second-order valence-electron chi connectivity index (χ2n) is 5.15. The lowest BCUT2D eigenvalue weighted by atomic mass is 10.1. The maximum Gasteiger partial charge on any atom is 0.167 e. The summed E-state index contributed by atoms with van der Waals surface area (Å²) < 4.78 is 19.0. The van der Waals surface area contributed by atoms with Crippen LogP contribution in [0.4, 0.5) is 10.1 Å². The predicted molar refractivity (Wildman–Crippen MR) is 85.4 cm³/mol. The van der Waals surface area contributed by atoms with E-state index in [1.54, 1.807) is 6.07 Å². The number of rotatable bonds is 7. The van der Waals surface area contributed by atoms with E-state index in [4.69, 9.17) is 4.74 Å². The Kier molecular flexibility index (Phi) is 5.61. The summed E-state index contributed by atoms with van der Waals surface area (Å²) >= 11 is 0. The number of ether oxygens (including phenoxy) is 1. The first kappa shape index (κ1) is 15.4. The van der Waals surface area contributed by atoms with Crippen LogP contribution < -0.4 is 10.1 Å². The Bertz CT molecular complexity index is 556. The Labute approximate surface area is 126 Å². The fourth-order valence-corrected chi connectivity index (χ4v) is 2.25. The third-order valence-electron chi connectivity index (χ3n) is 3.35. The third-order valence-corrected chi connectivity index (χ3v) is 3.35. The molecule has 0 aromatic heterocycles. The van der Waals surface area contributed by atoms with Crippen molar-refractivity contribution in [3.63, 3.8) is 0 Å². The van der Waals surface area contributed by atoms with E-state index in [1.165, 1.54) is 11.6 Å². The van der Waals surface area contributed by atoms with Crippen molar-refractivity contribution in [1.82, 2.24) is 0 Å². The Balaban J connectivity index is 1.87. The van der Waals surface area contributed by atoms with Crippen LogP contribution in [0.5, 0.6) is 5.75 Å². The van der Waals surface area contributed by atoms with Gasteiger partial charge in [0.15, 0.2) is 11.6 Å². The summed E-state index contributed by atoms with van der Waals surface area (Å²) in [6.07, 6.45) is 2.01. The number of anilines is 1. The van der Waals surface area contributed by atoms with Crippen molar-refractivity contribution >= 4 is 5.69 Å². The van der Waals surface area contributed by atoms with Gasteiger partial charge in [0.25, 0.3) is 0 Å². The molecule has 0 aliphatic carbocycles. The molecule has 0 heterocycles. The summed E-state index contributed by atoms with van der Waals surface area (Å²) in [7, 11) is 0. The van der Waals surface area contributed by atoms with Gasteiger partial charge in [-0.05, 0) is 44.4 Å². The molecule has 0 saturated heterocycles. The lowest BCUT2D eigenvalue weighted by Gasteiger charge is -2.16. The predicted octanol–water partition coefficient (Wildman–Crippen LogP) is 4.66. The first-order valence-electron chi connectivity index (χ1n) is 7.42. The molecule has 0 spiro atoms. The molecule has 2 aromatic carbocycles. The summed E-state index contributed by atoms with van der Waals surface area (Å²) in [5.41, 5.74) is 2.11. The van der Waals surface area contributed by atoms with E-state index < -0.39 is 0 Å². The highest BCUT2D eigenvalue weighted by molar-refractivity contribution is 5.47. The van der Waals surface area contributed by atoms with E-state index in [0.717, 1.165) is 18.5 Å². The molecule has 3 heteroatoms. The molecule has 0 fully saturated rings. The Morgan fingerprint density at radius 2 is 1.90 bits per heavy atom. The SMILES string of the molecule is CCOc1ccc(NC(C)CCc2ccccc2)cc1F. The first-order chi connectivity index (χ1) is 10.2. The molecule has 2 nitrogen and oxygen atoms in total. The Morgan fingerprint density at radius 3 is 2.57 bits per heavy atom. The van der Waals surface area contributed by atoms with Crippen molar-refractivity contribution in [2.45, 2.75) is 32.7 Å². The van der Waals surface area contributed by atoms with Gasteiger partial charge in [-0.25, -0.2) is 4.39 Å². The van der Waals surface area contributed by atoms with Crippen LogP contribution in [0.3, 0.4) is 0 Å². The van der Waals surface area contributed by atoms with Crippen LogP contribution in [0, 0.1) is 5.82 Å². The Morgan fingerprint density at radius 1 is 1.14 bits per heavy atom. The highest BCUT2D eigenvalue weighted by Gasteiger charge is 2.07. The molecule has 1 N–H and O–H groups in total. The molecule has 1 atom stereocenters. The highest BCUT2D eigenvalue weighted by Crippen LogP contribution is 2.22. The van der Waals surface area contributed by atoms with Crippen LogP contribution in [0.1, 0.15) is 25.8 Å². The van der Waals surface area contributed by atoms with Gasteiger partial charge in [-0.15, -0.1) is 0 Å². The maximum atomic E-state index is 13.8. The molecule has 1 unspecified atom stereocenters. The molecule has 21 heavy (non-hydrogen) atoms. The summed E-state index contributed by atoms with van der Waals surface area (Å²) in [4.78, 5) is 0. The van der Waals surface area contributed by atoms with Crippen LogP contribution in [-0.2, 0) is 6.42 Å². The number of hydrogen-bond donors (Lipinski definition) is 1. The lowest BCUT2D eigenvalue weighted by Crippen LogP contribution is -2.16. The number of aryl methyl sites for hydroxylation is 1. The molecule has 2 rings (SSSR count). The highest BCUT2D eigenvalue weighted by atomic mass is 19.1. The number of halogens is 1. The van der Waals surface area contributed by atoms with Gasteiger partial charge in [0.2, 0.25) is 0 Å². The summed E-state index contributed by atoms with van der Waals surface area (Å²) in [6, 6.07) is 15.7. The lowest BCUT2D eigenvalue weighted by molar-refractivity contribution is 0.321. The van der Waals surface area contributed by atoms with Gasteiger partial charge in [0, 0.05) is 17.8 Å². The average Bonchev–Trinajstić information content (AvgIpc) is 2.49. The Hall–Kier alpha value is -2.03. The van der Waals surface area contributed by atoms with E-state index in [9.17, 15) is 4.39 Å². The van der Waals surface area contributed by atoms with E-state index in [-0.39, 0.29) is 11.9 Å². The van der Waals surface area contributed by atoms with Gasteiger partial charge in [-0.2, -0.15) is 0 Å². The topological polar surface area (TPSA) is 21.3 Å². The van der Waals surface area contributed by atoms with Crippen LogP contribution >= 0.6 is 0 Å². The molecule has 112 valence electrons. The largest absolute Gasteiger partial charge is 0.491 e. The van der Waals surface area contributed by atoms with Gasteiger partial charge in [0.1, 0.15) is 0 Å². The standard InChI is InChI=1S/C18H22FNO/c1-3-21-18-12-11-16(13-17(18)19)20-14(2)9-10-15-7-5-4-6-8-15/h4-8,11-14,20H,3,9-10H2,1-2H3. The summed E-state index contributed by atoms with van der Waals surface area (Å²) in [5.74, 6) is -0.0166. The van der Waals surface area contributed by atoms with Crippen LogP contribution in [-0.4, -0.2) is 12.6 Å². The van der Waals surface area contributed by atoms with Crippen molar-refractivity contribution in [2.24, 2.45) is 0 Å². The smallest absolute Gasteiger partial charge is 0.167 e. The minimum absolute atomic E-state index is 0.280. The monoisotopic (exact) mass is 287 g/mol. The fourth-order valence-electron chi connectivity index (χ4n) is 2.25. The van der Waals surface area contributed by atoms with E-state index in [2.05, 4.69) is 36.5 Å². The molecule has 0 aliphatic rings. The summed E-state index contributed by atoms with van der Waals surface area (Å²) in [5, 5.41) is 3.33. The molecule has 0 bridgehead atoms. The van der Waals surface area contributed by atoms with E-state index in [0.29, 0.717) is 12.4 Å². The van der Waals surface area contributed by atoms with Crippen LogP contribution in [0.15, 0.2) is 48.5 Å². The second-order valence-corrected chi connectivity index (χ2v) is 5.15. The van der Waals surface area contributed by atoms with Crippen molar-refractivity contribution in [2.75, 3.05) is 11.9 Å². The van der Waals surface area contributed by atoms with Crippen molar-refractivity contribution in [1.29, 1.82) is 0 Å². The maximum absolute atomic E-state index is 13.8. The molecule has 0 saturated carbocycles. The van der Waals surface area contributed by atoms with E-state index in [1.807, 2.05) is 19.1 Å². The zero-order chi connectivity index (χ0) is 15.1. The number of nitrogens with one attached hydrogen (secondary N) is 1. The number of hydrogen-bond acceptors (Lipinski definition) is 2. The van der Waals surface area contributed by atoms with Gasteiger partial charge in [-0.3, -0.25) is 0 Å². The molecule has 2 aromatic rings. The molecule has 0 radical (unpaired) electrons. The third kappa shape index (κ3) is 4.78. The van der Waals surface area contributed by atoms with Gasteiger partial charge >= 0.3 is 0 Å². The summed E-state index contributed by atoms with van der Waals surface area (Å²) in [6.45, 7) is 4.42. The zero-order valence-corrected chi connectivity index (χ0v) is 12.6. The van der Waals surface area contributed by atoms with Crippen molar-refractivity contribution in [3.8, 4) is 5.75 Å². The van der Waals surface area contributed by atoms with Crippen molar-refractivity contribution in [3.05, 3.63) is 59.9 Å². The molecule has 0 aliphatic heterocycles. The second kappa shape index (κ2) is 7.67.